The molecule has 4 aliphatic carbocycles. The van der Waals surface area contributed by atoms with E-state index in [0.717, 1.165) is 79.6 Å². The molecule has 2 fully saturated rings. The summed E-state index contributed by atoms with van der Waals surface area (Å²) < 4.78 is 41.0. The van der Waals surface area contributed by atoms with Gasteiger partial charge in [-0.1, -0.05) is 12.1 Å². The van der Waals surface area contributed by atoms with Gasteiger partial charge in [0.25, 0.3) is 0 Å². The summed E-state index contributed by atoms with van der Waals surface area (Å²) in [4.78, 5) is 17.1. The standard InChI is InChI=1S/C21H25NO5.C19H23NO3/c1-4-26-20(23)22-10-9-21-13-6-8-16(25-3)19(21)27-18-15(24-2)7-5-12(17(18)21)11-14(13)22;1-20-9-8-19-12-5-7-15(22-3)18(19)23-17-14(21-2)6-4-11(16(17)19)10-13(12)20/h5,7-8,13-14,19H,4,6,9-11H2,1-3H3;4,6-7,12-13,18H,5,8-10H2,1-3H3. The molecule has 8 aliphatic rings. The third kappa shape index (κ3) is 3.97. The Hall–Kier alpha value is -4.05. The van der Waals surface area contributed by atoms with Gasteiger partial charge in [0.1, 0.15) is 11.5 Å². The van der Waals surface area contributed by atoms with E-state index in [1.807, 2.05) is 17.9 Å². The van der Waals surface area contributed by atoms with E-state index >= 15 is 0 Å². The second-order valence-electron chi connectivity index (χ2n) is 15.1. The van der Waals surface area contributed by atoms with Gasteiger partial charge >= 0.3 is 6.09 Å². The van der Waals surface area contributed by atoms with Crippen LogP contribution in [0.3, 0.4) is 0 Å². The third-order valence-corrected chi connectivity index (χ3v) is 13.6. The molecular formula is C40H48N2O8. The number of likely N-dealkylation sites (tertiary alicyclic amines) is 2. The first-order valence-corrected chi connectivity index (χ1v) is 18.2. The van der Waals surface area contributed by atoms with Crippen molar-refractivity contribution < 1.29 is 38.0 Å². The predicted molar refractivity (Wildman–Crippen MR) is 185 cm³/mol. The molecule has 266 valence electrons. The van der Waals surface area contributed by atoms with Crippen LogP contribution in [0.4, 0.5) is 4.79 Å². The highest BCUT2D eigenvalue weighted by molar-refractivity contribution is 5.70. The number of amides is 1. The maximum Gasteiger partial charge on any atom is 0.410 e. The van der Waals surface area contributed by atoms with E-state index < -0.39 is 0 Å². The summed E-state index contributed by atoms with van der Waals surface area (Å²) in [6.45, 7) is 4.05. The highest BCUT2D eigenvalue weighted by atomic mass is 16.6. The Balaban J connectivity index is 0.000000136. The summed E-state index contributed by atoms with van der Waals surface area (Å²) in [5, 5.41) is 0. The number of nitrogens with zero attached hydrogens (tertiary/aromatic N) is 2. The Morgan fingerprint density at radius 2 is 1.28 bits per heavy atom. The fourth-order valence-electron chi connectivity index (χ4n) is 11.6. The third-order valence-electron chi connectivity index (χ3n) is 13.6. The molecule has 0 saturated carbocycles. The van der Waals surface area contributed by atoms with Crippen molar-refractivity contribution in [1.29, 1.82) is 0 Å². The lowest BCUT2D eigenvalue weighted by Crippen LogP contribution is -2.65. The Morgan fingerprint density at radius 3 is 1.80 bits per heavy atom. The maximum absolute atomic E-state index is 12.6. The number of rotatable bonds is 5. The smallest absolute Gasteiger partial charge is 0.410 e. The van der Waals surface area contributed by atoms with E-state index in [0.29, 0.717) is 31.0 Å². The van der Waals surface area contributed by atoms with Crippen molar-refractivity contribution in [2.75, 3.05) is 55.2 Å². The van der Waals surface area contributed by atoms with E-state index in [-0.39, 0.29) is 35.2 Å². The van der Waals surface area contributed by atoms with Crippen molar-refractivity contribution in [2.24, 2.45) is 11.8 Å². The minimum atomic E-state index is -0.202. The van der Waals surface area contributed by atoms with Crippen molar-refractivity contribution in [2.45, 2.75) is 80.6 Å². The van der Waals surface area contributed by atoms with Crippen LogP contribution in [0.5, 0.6) is 23.0 Å². The highest BCUT2D eigenvalue weighted by Crippen LogP contribution is 2.65. The van der Waals surface area contributed by atoms with E-state index in [2.05, 4.69) is 42.3 Å². The first kappa shape index (κ1) is 31.9. The molecule has 8 atom stereocenters. The van der Waals surface area contributed by atoms with E-state index in [1.165, 1.54) is 22.3 Å². The molecule has 0 N–H and O–H groups in total. The molecule has 2 saturated heterocycles. The van der Waals surface area contributed by atoms with Gasteiger partial charge in [0, 0.05) is 35.2 Å². The molecule has 8 unspecified atom stereocenters. The average Bonchev–Trinajstić information content (AvgIpc) is 3.67. The molecule has 1 amide bonds. The monoisotopic (exact) mass is 684 g/mol. The number of carbonyl (C=O) groups is 1. The maximum atomic E-state index is 12.6. The number of benzene rings is 2. The Kier molecular flexibility index (Phi) is 7.33. The van der Waals surface area contributed by atoms with E-state index in [9.17, 15) is 4.79 Å². The lowest BCUT2D eigenvalue weighted by molar-refractivity contribution is -0.0332. The topological polar surface area (TPSA) is 88.2 Å². The number of hydrogen-bond donors (Lipinski definition) is 0. The molecule has 10 nitrogen and oxygen atoms in total. The van der Waals surface area contributed by atoms with Crippen molar-refractivity contribution in [3.8, 4) is 23.0 Å². The summed E-state index contributed by atoms with van der Waals surface area (Å²) in [7, 11) is 9.16. The molecule has 2 spiro atoms. The molecule has 50 heavy (non-hydrogen) atoms. The first-order chi connectivity index (χ1) is 24.4. The normalized spacial score (nSPS) is 34.3. The van der Waals surface area contributed by atoms with Crippen LogP contribution in [0.1, 0.15) is 54.9 Å². The lowest BCUT2D eigenvalue weighted by Gasteiger charge is -2.56. The molecule has 2 aromatic carbocycles. The highest BCUT2D eigenvalue weighted by Gasteiger charge is 2.66. The van der Waals surface area contributed by atoms with Crippen LogP contribution in [-0.2, 0) is 37.9 Å². The largest absolute Gasteiger partial charge is 0.497 e. The number of hydrogen-bond acceptors (Lipinski definition) is 9. The number of likely N-dealkylation sites (N-methyl/N-ethyl adjacent to an activating group) is 1. The predicted octanol–water partition coefficient (Wildman–Crippen LogP) is 5.54. The molecule has 2 aromatic rings. The number of allylic oxidation sites excluding steroid dienone is 2. The van der Waals surface area contributed by atoms with E-state index in [1.54, 1.807) is 28.4 Å². The van der Waals surface area contributed by atoms with Crippen molar-refractivity contribution in [3.05, 3.63) is 70.2 Å². The SMILES string of the molecule is CCOC(=O)N1CCC23c4c5ccc(OC)c4OC2C(OC)=CCC3C1C5.COC1=CCC2C3Cc4ccc(OC)c5c4C2(CCN3C)C1O5. The summed E-state index contributed by atoms with van der Waals surface area (Å²) >= 11 is 0. The number of piperidine rings is 2. The molecule has 0 aromatic heterocycles. The Morgan fingerprint density at radius 1 is 0.760 bits per heavy atom. The van der Waals surface area contributed by atoms with Gasteiger partial charge in [0.05, 0.1) is 40.5 Å². The molecule has 10 heteroatoms. The van der Waals surface area contributed by atoms with Crippen LogP contribution in [0, 0.1) is 11.8 Å². The van der Waals surface area contributed by atoms with Crippen LogP contribution < -0.4 is 18.9 Å². The molecule has 0 radical (unpaired) electrons. The Bertz CT molecular complexity index is 1810. The zero-order valence-corrected chi connectivity index (χ0v) is 30.0. The zero-order chi connectivity index (χ0) is 34.5. The molecule has 10 rings (SSSR count). The van der Waals surface area contributed by atoms with Gasteiger partial charge in [-0.25, -0.2) is 4.79 Å². The minimum Gasteiger partial charge on any atom is -0.497 e. The van der Waals surface area contributed by atoms with Gasteiger partial charge in [0.15, 0.2) is 35.2 Å². The van der Waals surface area contributed by atoms with Gasteiger partial charge < -0.3 is 43.0 Å². The van der Waals surface area contributed by atoms with Crippen LogP contribution in [0.25, 0.3) is 0 Å². The first-order valence-electron chi connectivity index (χ1n) is 18.2. The van der Waals surface area contributed by atoms with Gasteiger partial charge in [-0.15, -0.1) is 0 Å². The van der Waals surface area contributed by atoms with Crippen LogP contribution in [0.2, 0.25) is 0 Å². The van der Waals surface area contributed by atoms with Gasteiger partial charge in [-0.3, -0.25) is 0 Å². The van der Waals surface area contributed by atoms with Crippen molar-refractivity contribution in [1.82, 2.24) is 9.80 Å². The molecular weight excluding hydrogens is 636 g/mol. The summed E-state index contributed by atoms with van der Waals surface area (Å²) in [6, 6.07) is 9.13. The van der Waals surface area contributed by atoms with Gasteiger partial charge in [-0.2, -0.15) is 0 Å². The van der Waals surface area contributed by atoms with Crippen LogP contribution in [0.15, 0.2) is 47.9 Å². The molecule has 4 aliphatic heterocycles. The average molecular weight is 685 g/mol. The van der Waals surface area contributed by atoms with Gasteiger partial charge in [-0.05, 0) is 106 Å². The lowest BCUT2D eigenvalue weighted by atomic mass is 9.53. The second-order valence-corrected chi connectivity index (χ2v) is 15.1. The quantitative estimate of drug-likeness (QED) is 0.403. The molecule has 4 bridgehead atoms. The van der Waals surface area contributed by atoms with Crippen molar-refractivity contribution in [3.63, 3.8) is 0 Å². The fraction of sp³-hybridized carbons (Fsp3) is 0.575. The van der Waals surface area contributed by atoms with Crippen LogP contribution in [-0.4, -0.2) is 95.4 Å². The van der Waals surface area contributed by atoms with Crippen LogP contribution >= 0.6 is 0 Å². The second kappa shape index (κ2) is 11.5. The zero-order valence-electron chi connectivity index (χ0n) is 30.0. The van der Waals surface area contributed by atoms with Gasteiger partial charge in [0.2, 0.25) is 0 Å². The molecule has 4 heterocycles. The number of carbonyl (C=O) groups excluding carboxylic acids is 1. The summed E-state index contributed by atoms with van der Waals surface area (Å²) in [5.74, 6) is 6.24. The van der Waals surface area contributed by atoms with Crippen molar-refractivity contribution >= 4 is 6.09 Å². The number of methoxy groups -OCH3 is 4. The number of ether oxygens (including phenoxy) is 7. The Labute approximate surface area is 294 Å². The minimum absolute atomic E-state index is 0.00722. The summed E-state index contributed by atoms with van der Waals surface area (Å²) in [6.07, 6.45) is 9.90. The summed E-state index contributed by atoms with van der Waals surface area (Å²) in [5.41, 5.74) is 5.28. The van der Waals surface area contributed by atoms with E-state index in [4.69, 9.17) is 33.2 Å². The fourth-order valence-corrected chi connectivity index (χ4v) is 11.6.